The highest BCUT2D eigenvalue weighted by molar-refractivity contribution is 6.02. The molecule has 6 nitrogen and oxygen atoms in total. The molecule has 1 unspecified atom stereocenters. The van der Waals surface area contributed by atoms with Gasteiger partial charge in [0.05, 0.1) is 5.56 Å². The Kier molecular flexibility index (Phi) is 4.62. The summed E-state index contributed by atoms with van der Waals surface area (Å²) in [6.45, 7) is 1.65. The first kappa shape index (κ1) is 18.0. The maximum absolute atomic E-state index is 13.2. The van der Waals surface area contributed by atoms with Crippen LogP contribution in [-0.4, -0.2) is 47.4 Å². The summed E-state index contributed by atoms with van der Waals surface area (Å²) in [5.74, 6) is 0.722. The van der Waals surface area contributed by atoms with E-state index in [4.69, 9.17) is 4.74 Å². The van der Waals surface area contributed by atoms with E-state index >= 15 is 0 Å². The van der Waals surface area contributed by atoms with Gasteiger partial charge in [-0.15, -0.1) is 0 Å². The number of nitrogens with one attached hydrogen (secondary N) is 1. The number of nitrogens with zero attached hydrogens (tertiary/aromatic N) is 2. The van der Waals surface area contributed by atoms with Gasteiger partial charge < -0.3 is 19.9 Å². The van der Waals surface area contributed by atoms with Crippen LogP contribution in [0, 0.1) is 0 Å². The van der Waals surface area contributed by atoms with Crippen molar-refractivity contribution < 1.29 is 14.3 Å². The summed E-state index contributed by atoms with van der Waals surface area (Å²) < 4.78 is 5.97. The van der Waals surface area contributed by atoms with Gasteiger partial charge in [-0.3, -0.25) is 9.59 Å². The van der Waals surface area contributed by atoms with E-state index in [0.29, 0.717) is 11.3 Å². The third kappa shape index (κ3) is 3.43. The normalized spacial score (nSPS) is 21.0. The van der Waals surface area contributed by atoms with Crippen molar-refractivity contribution in [1.29, 1.82) is 0 Å². The number of para-hydroxylation sites is 2. The summed E-state index contributed by atoms with van der Waals surface area (Å²) in [4.78, 5) is 29.4. The Bertz CT molecular complexity index is 934. The zero-order valence-electron chi connectivity index (χ0n) is 16.3. The van der Waals surface area contributed by atoms with Gasteiger partial charge in [-0.2, -0.15) is 0 Å². The van der Waals surface area contributed by atoms with Crippen molar-refractivity contribution in [2.45, 2.75) is 37.9 Å². The maximum Gasteiger partial charge on any atom is 0.260 e. The Morgan fingerprint density at radius 1 is 1.03 bits per heavy atom. The van der Waals surface area contributed by atoms with Crippen LogP contribution in [0.3, 0.4) is 0 Å². The number of fused-ring (bicyclic) bond motifs is 1. The van der Waals surface area contributed by atoms with Gasteiger partial charge in [0.2, 0.25) is 0 Å². The van der Waals surface area contributed by atoms with E-state index in [1.54, 1.807) is 0 Å². The number of rotatable bonds is 5. The van der Waals surface area contributed by atoms with Crippen molar-refractivity contribution in [3.8, 4) is 5.75 Å². The SMILES string of the molecule is O=C(COc1ccccc1C1Nc2ccccc2C(=O)N1C1CC1)N1CCCC1. The largest absolute Gasteiger partial charge is 0.483 e. The molecule has 2 fully saturated rings. The van der Waals surface area contributed by atoms with Crippen molar-refractivity contribution in [3.05, 3.63) is 59.7 Å². The number of benzene rings is 2. The standard InChI is InChI=1S/C23H25N3O3/c27-21(25-13-5-6-14-25)15-29-20-10-4-2-8-18(20)22-24-19-9-3-1-7-17(19)23(28)26(22)16-11-12-16/h1-4,7-10,16,22,24H,5-6,11-15H2. The van der Waals surface area contributed by atoms with Gasteiger partial charge >= 0.3 is 0 Å². The first-order valence-corrected chi connectivity index (χ1v) is 10.4. The van der Waals surface area contributed by atoms with Crippen molar-refractivity contribution in [2.24, 2.45) is 0 Å². The van der Waals surface area contributed by atoms with Gasteiger partial charge in [-0.05, 0) is 43.9 Å². The zero-order chi connectivity index (χ0) is 19.8. The summed E-state index contributed by atoms with van der Waals surface area (Å²) >= 11 is 0. The molecule has 1 aliphatic carbocycles. The maximum atomic E-state index is 13.2. The molecule has 5 rings (SSSR count). The quantitative estimate of drug-likeness (QED) is 0.848. The predicted octanol–water partition coefficient (Wildman–Crippen LogP) is 3.42. The average Bonchev–Trinajstić information content (AvgIpc) is 3.43. The lowest BCUT2D eigenvalue weighted by Crippen LogP contribution is -2.44. The summed E-state index contributed by atoms with van der Waals surface area (Å²) in [6, 6.07) is 15.6. The topological polar surface area (TPSA) is 61.9 Å². The zero-order valence-corrected chi connectivity index (χ0v) is 16.3. The molecule has 2 amide bonds. The molecule has 2 aromatic carbocycles. The number of carbonyl (C=O) groups is 2. The molecule has 2 heterocycles. The van der Waals surface area contributed by atoms with Crippen LogP contribution in [0.25, 0.3) is 0 Å². The minimum Gasteiger partial charge on any atom is -0.483 e. The molecule has 1 N–H and O–H groups in total. The molecular weight excluding hydrogens is 366 g/mol. The molecule has 150 valence electrons. The molecule has 1 saturated heterocycles. The first-order chi connectivity index (χ1) is 14.2. The Morgan fingerprint density at radius 2 is 1.76 bits per heavy atom. The number of anilines is 1. The molecule has 1 atom stereocenters. The minimum absolute atomic E-state index is 0.0226. The fourth-order valence-corrected chi connectivity index (χ4v) is 4.26. The molecule has 0 bridgehead atoms. The molecule has 6 heteroatoms. The molecule has 29 heavy (non-hydrogen) atoms. The Morgan fingerprint density at radius 3 is 2.55 bits per heavy atom. The lowest BCUT2D eigenvalue weighted by atomic mass is 10.0. The highest BCUT2D eigenvalue weighted by atomic mass is 16.5. The second-order valence-electron chi connectivity index (χ2n) is 7.95. The van der Waals surface area contributed by atoms with E-state index in [0.717, 1.165) is 50.0 Å². The van der Waals surface area contributed by atoms with E-state index in [9.17, 15) is 9.59 Å². The third-order valence-electron chi connectivity index (χ3n) is 5.93. The average molecular weight is 391 g/mol. The highest BCUT2D eigenvalue weighted by Crippen LogP contribution is 2.42. The van der Waals surface area contributed by atoms with E-state index in [1.165, 1.54) is 0 Å². The first-order valence-electron chi connectivity index (χ1n) is 10.4. The molecule has 0 spiro atoms. The molecule has 3 aliphatic rings. The number of amides is 2. The summed E-state index contributed by atoms with van der Waals surface area (Å²) in [6.07, 6.45) is 3.85. The fraction of sp³-hybridized carbons (Fsp3) is 0.391. The van der Waals surface area contributed by atoms with Crippen LogP contribution in [0.1, 0.15) is 47.8 Å². The molecular formula is C23H25N3O3. The predicted molar refractivity (Wildman–Crippen MR) is 110 cm³/mol. The van der Waals surface area contributed by atoms with Crippen LogP contribution >= 0.6 is 0 Å². The van der Waals surface area contributed by atoms with Crippen LogP contribution in [0.15, 0.2) is 48.5 Å². The van der Waals surface area contributed by atoms with Crippen LogP contribution in [0.5, 0.6) is 5.75 Å². The van der Waals surface area contributed by atoms with E-state index in [-0.39, 0.29) is 30.6 Å². The second-order valence-corrected chi connectivity index (χ2v) is 7.95. The fourth-order valence-electron chi connectivity index (χ4n) is 4.26. The van der Waals surface area contributed by atoms with Crippen LogP contribution in [0.2, 0.25) is 0 Å². The number of ether oxygens (including phenoxy) is 1. The Balaban J connectivity index is 1.42. The molecule has 0 aromatic heterocycles. The van der Waals surface area contributed by atoms with Gasteiger partial charge in [0, 0.05) is 30.4 Å². The lowest BCUT2D eigenvalue weighted by molar-refractivity contribution is -0.132. The van der Waals surface area contributed by atoms with Crippen molar-refractivity contribution >= 4 is 17.5 Å². The van der Waals surface area contributed by atoms with Gasteiger partial charge in [0.1, 0.15) is 11.9 Å². The Hall–Kier alpha value is -3.02. The summed E-state index contributed by atoms with van der Waals surface area (Å²) in [5.41, 5.74) is 2.43. The Labute approximate surface area is 170 Å². The van der Waals surface area contributed by atoms with Gasteiger partial charge in [0.15, 0.2) is 6.61 Å². The number of hydrogen-bond donors (Lipinski definition) is 1. The van der Waals surface area contributed by atoms with Crippen LogP contribution < -0.4 is 10.1 Å². The third-order valence-corrected chi connectivity index (χ3v) is 5.93. The van der Waals surface area contributed by atoms with Crippen LogP contribution in [0.4, 0.5) is 5.69 Å². The van der Waals surface area contributed by atoms with Gasteiger partial charge in [0.25, 0.3) is 11.8 Å². The summed E-state index contributed by atoms with van der Waals surface area (Å²) in [7, 11) is 0. The van der Waals surface area contributed by atoms with Crippen LogP contribution in [-0.2, 0) is 4.79 Å². The van der Waals surface area contributed by atoms with Crippen molar-refractivity contribution in [3.63, 3.8) is 0 Å². The number of hydrogen-bond acceptors (Lipinski definition) is 4. The van der Waals surface area contributed by atoms with Gasteiger partial charge in [-0.1, -0.05) is 30.3 Å². The monoisotopic (exact) mass is 391 g/mol. The molecule has 2 aliphatic heterocycles. The van der Waals surface area contributed by atoms with E-state index in [2.05, 4.69) is 5.32 Å². The molecule has 2 aromatic rings. The number of carbonyl (C=O) groups excluding carboxylic acids is 2. The van der Waals surface area contributed by atoms with E-state index < -0.39 is 0 Å². The minimum atomic E-state index is -0.303. The second kappa shape index (κ2) is 7.43. The van der Waals surface area contributed by atoms with E-state index in [1.807, 2.05) is 58.3 Å². The van der Waals surface area contributed by atoms with Gasteiger partial charge in [-0.25, -0.2) is 0 Å². The lowest BCUT2D eigenvalue weighted by Gasteiger charge is -2.39. The van der Waals surface area contributed by atoms with Crippen molar-refractivity contribution in [1.82, 2.24) is 9.80 Å². The number of likely N-dealkylation sites (tertiary alicyclic amines) is 1. The highest BCUT2D eigenvalue weighted by Gasteiger charge is 2.42. The smallest absolute Gasteiger partial charge is 0.260 e. The summed E-state index contributed by atoms with van der Waals surface area (Å²) in [5, 5.41) is 3.53. The molecule has 0 radical (unpaired) electrons. The van der Waals surface area contributed by atoms with Crippen molar-refractivity contribution in [2.75, 3.05) is 25.0 Å². The molecule has 1 saturated carbocycles.